The van der Waals surface area contributed by atoms with Gasteiger partial charge < -0.3 is 4.74 Å². The van der Waals surface area contributed by atoms with Gasteiger partial charge in [0.05, 0.1) is 6.61 Å². The van der Waals surface area contributed by atoms with Gasteiger partial charge in [0, 0.05) is 5.56 Å². The second-order valence-electron chi connectivity index (χ2n) is 6.52. The highest BCUT2D eigenvalue weighted by atomic mass is 16.5. The van der Waals surface area contributed by atoms with Crippen LogP contribution in [0.3, 0.4) is 0 Å². The van der Waals surface area contributed by atoms with Gasteiger partial charge in [0.2, 0.25) is 0 Å². The third-order valence-corrected chi connectivity index (χ3v) is 4.80. The lowest BCUT2D eigenvalue weighted by Crippen LogP contribution is -1.94. The number of para-hydroxylation sites is 1. The lowest BCUT2D eigenvalue weighted by molar-refractivity contribution is 0.339. The molecule has 0 unspecified atom stereocenters. The van der Waals surface area contributed by atoms with Crippen molar-refractivity contribution in [2.24, 2.45) is 0 Å². The number of allylic oxidation sites excluding steroid dienone is 2. The van der Waals surface area contributed by atoms with Crippen LogP contribution in [0.4, 0.5) is 0 Å². The molecule has 0 spiro atoms. The van der Waals surface area contributed by atoms with Crippen molar-refractivity contribution in [2.45, 2.75) is 6.92 Å². The van der Waals surface area contributed by atoms with E-state index < -0.39 is 0 Å². The fourth-order valence-corrected chi connectivity index (χ4v) is 3.51. The molecule has 1 heteroatoms. The molecule has 0 atom stereocenters. The molecule has 0 amide bonds. The topological polar surface area (TPSA) is 9.23 Å². The third-order valence-electron chi connectivity index (χ3n) is 4.80. The second-order valence-corrected chi connectivity index (χ2v) is 6.52. The molecule has 0 radical (unpaired) electrons. The summed E-state index contributed by atoms with van der Waals surface area (Å²) in [6.45, 7) is 6.90. The number of ether oxygens (including phenoxy) is 1. The van der Waals surface area contributed by atoms with E-state index in [4.69, 9.17) is 4.74 Å². The summed E-state index contributed by atoms with van der Waals surface area (Å²) < 4.78 is 5.74. The molecular weight excluding hydrogens is 328 g/mol. The average molecular weight is 350 g/mol. The van der Waals surface area contributed by atoms with Crippen molar-refractivity contribution in [2.75, 3.05) is 6.61 Å². The first-order valence-electron chi connectivity index (χ1n) is 9.27. The molecule has 132 valence electrons. The van der Waals surface area contributed by atoms with Crippen molar-refractivity contribution in [3.8, 4) is 5.75 Å². The average Bonchev–Trinajstić information content (AvgIpc) is 2.72. The summed E-state index contributed by atoms with van der Waals surface area (Å²) in [6, 6.07) is 27.4. The van der Waals surface area contributed by atoms with Crippen molar-refractivity contribution in [3.05, 3.63) is 103 Å². The van der Waals surface area contributed by atoms with E-state index in [0.29, 0.717) is 6.61 Å². The molecule has 0 fully saturated rings. The van der Waals surface area contributed by atoms with Crippen LogP contribution < -0.4 is 4.74 Å². The van der Waals surface area contributed by atoms with Crippen LogP contribution in [-0.2, 0) is 0 Å². The third kappa shape index (κ3) is 3.37. The van der Waals surface area contributed by atoms with Crippen molar-refractivity contribution in [3.63, 3.8) is 0 Å². The van der Waals surface area contributed by atoms with E-state index in [2.05, 4.69) is 79.4 Å². The molecule has 4 rings (SSSR count). The quantitative estimate of drug-likeness (QED) is 0.275. The molecule has 1 nitrogen and oxygen atoms in total. The van der Waals surface area contributed by atoms with Gasteiger partial charge in [-0.1, -0.05) is 85.5 Å². The predicted octanol–water partition coefficient (Wildman–Crippen LogP) is 7.12. The maximum absolute atomic E-state index is 5.74. The Balaban J connectivity index is 1.78. The molecule has 0 aromatic heterocycles. The Morgan fingerprint density at radius 2 is 1.52 bits per heavy atom. The van der Waals surface area contributed by atoms with Crippen molar-refractivity contribution < 1.29 is 4.74 Å². The van der Waals surface area contributed by atoms with E-state index in [0.717, 1.165) is 16.9 Å². The highest BCUT2D eigenvalue weighted by Crippen LogP contribution is 2.31. The summed E-state index contributed by atoms with van der Waals surface area (Å²) in [5.41, 5.74) is 3.16. The van der Waals surface area contributed by atoms with Crippen LogP contribution in [0.5, 0.6) is 5.75 Å². The summed E-state index contributed by atoms with van der Waals surface area (Å²) in [6.07, 6.45) is 4.23. The van der Waals surface area contributed by atoms with Crippen molar-refractivity contribution in [1.29, 1.82) is 0 Å². The van der Waals surface area contributed by atoms with Gasteiger partial charge in [-0.25, -0.2) is 0 Å². The summed E-state index contributed by atoms with van der Waals surface area (Å²) in [4.78, 5) is 0. The number of hydrogen-bond acceptors (Lipinski definition) is 1. The standard InChI is InChI=1S/C26H22O/c1-3-27-26-15-9-8-11-22(26)19(2)16-17-21-18-20-10-4-5-12-23(20)25-14-7-6-13-24(21)25/h4-18H,2-3H2,1H3/b17-16+. The molecule has 27 heavy (non-hydrogen) atoms. The van der Waals surface area contributed by atoms with Crippen LogP contribution in [0, 0.1) is 0 Å². The molecule has 0 aliphatic heterocycles. The van der Waals surface area contributed by atoms with Crippen LogP contribution in [0.1, 0.15) is 18.1 Å². The zero-order valence-corrected chi connectivity index (χ0v) is 15.5. The number of fused-ring (bicyclic) bond motifs is 3. The molecule has 0 aliphatic carbocycles. The lowest BCUT2D eigenvalue weighted by atomic mass is 9.96. The Morgan fingerprint density at radius 1 is 0.852 bits per heavy atom. The van der Waals surface area contributed by atoms with Gasteiger partial charge in [-0.3, -0.25) is 0 Å². The molecule has 4 aromatic rings. The molecule has 0 heterocycles. The maximum atomic E-state index is 5.74. The van der Waals surface area contributed by atoms with Gasteiger partial charge in [-0.05, 0) is 51.7 Å². The van der Waals surface area contributed by atoms with Crippen LogP contribution >= 0.6 is 0 Å². The first-order chi connectivity index (χ1) is 13.3. The molecule has 0 N–H and O–H groups in total. The number of benzene rings is 4. The monoisotopic (exact) mass is 350 g/mol. The first-order valence-corrected chi connectivity index (χ1v) is 9.27. The summed E-state index contributed by atoms with van der Waals surface area (Å²) in [5, 5.41) is 5.05. The molecule has 4 aromatic carbocycles. The molecule has 0 saturated heterocycles. The number of rotatable bonds is 5. The number of hydrogen-bond donors (Lipinski definition) is 0. The minimum Gasteiger partial charge on any atom is -0.493 e. The Labute approximate surface area is 160 Å². The smallest absolute Gasteiger partial charge is 0.127 e. The van der Waals surface area contributed by atoms with Crippen LogP contribution in [0.2, 0.25) is 0 Å². The molecule has 0 saturated carbocycles. The molecule has 0 bridgehead atoms. The van der Waals surface area contributed by atoms with Gasteiger partial charge in [-0.2, -0.15) is 0 Å². The second kappa shape index (κ2) is 7.51. The Hall–Kier alpha value is -3.32. The van der Waals surface area contributed by atoms with Gasteiger partial charge in [0.25, 0.3) is 0 Å². The molecule has 0 aliphatic rings. The maximum Gasteiger partial charge on any atom is 0.127 e. The fourth-order valence-electron chi connectivity index (χ4n) is 3.51. The van der Waals surface area contributed by atoms with E-state index in [-0.39, 0.29) is 0 Å². The van der Waals surface area contributed by atoms with Gasteiger partial charge in [0.1, 0.15) is 5.75 Å². The van der Waals surface area contributed by atoms with Crippen molar-refractivity contribution >= 4 is 33.2 Å². The molecular formula is C26H22O. The zero-order valence-electron chi connectivity index (χ0n) is 15.5. The van der Waals surface area contributed by atoms with Crippen LogP contribution in [-0.4, -0.2) is 6.61 Å². The lowest BCUT2D eigenvalue weighted by Gasteiger charge is -2.10. The van der Waals surface area contributed by atoms with Gasteiger partial charge >= 0.3 is 0 Å². The van der Waals surface area contributed by atoms with E-state index in [1.807, 2.05) is 25.1 Å². The Morgan fingerprint density at radius 3 is 2.33 bits per heavy atom. The Kier molecular flexibility index (Phi) is 4.76. The van der Waals surface area contributed by atoms with E-state index in [1.54, 1.807) is 0 Å². The van der Waals surface area contributed by atoms with E-state index >= 15 is 0 Å². The fraction of sp³-hybridized carbons (Fsp3) is 0.0769. The zero-order chi connectivity index (χ0) is 18.6. The van der Waals surface area contributed by atoms with Crippen LogP contribution in [0.25, 0.3) is 33.2 Å². The Bertz CT molecular complexity index is 1150. The van der Waals surface area contributed by atoms with Gasteiger partial charge in [-0.15, -0.1) is 0 Å². The van der Waals surface area contributed by atoms with Gasteiger partial charge in [0.15, 0.2) is 0 Å². The highest BCUT2D eigenvalue weighted by Gasteiger charge is 2.06. The predicted molar refractivity (Wildman–Crippen MR) is 117 cm³/mol. The first kappa shape index (κ1) is 17.1. The minimum absolute atomic E-state index is 0.642. The minimum atomic E-state index is 0.642. The highest BCUT2D eigenvalue weighted by molar-refractivity contribution is 6.11. The SMILES string of the molecule is C=C(/C=C/c1cc2ccccc2c2ccccc12)c1ccccc1OCC. The summed E-state index contributed by atoms with van der Waals surface area (Å²) in [5.74, 6) is 0.873. The summed E-state index contributed by atoms with van der Waals surface area (Å²) >= 11 is 0. The van der Waals surface area contributed by atoms with Crippen LogP contribution in [0.15, 0.2) is 91.5 Å². The van der Waals surface area contributed by atoms with E-state index in [1.165, 1.54) is 27.1 Å². The normalized spacial score (nSPS) is 11.3. The summed E-state index contributed by atoms with van der Waals surface area (Å²) in [7, 11) is 0. The largest absolute Gasteiger partial charge is 0.493 e. The van der Waals surface area contributed by atoms with Crippen molar-refractivity contribution in [1.82, 2.24) is 0 Å². The van der Waals surface area contributed by atoms with E-state index in [9.17, 15) is 0 Å².